The van der Waals surface area contributed by atoms with E-state index < -0.39 is 5.97 Å². The molecule has 7 nitrogen and oxygen atoms in total. The number of carboxylic acid groups (broad SMARTS) is 1. The molecule has 2 aliphatic rings. The number of aliphatic carboxylic acids is 1. The summed E-state index contributed by atoms with van der Waals surface area (Å²) in [5.74, 6) is -0.623. The molecule has 2 unspecified atom stereocenters. The van der Waals surface area contributed by atoms with Crippen LogP contribution < -0.4 is 9.47 Å². The quantitative estimate of drug-likeness (QED) is 0.678. The molecule has 2 aromatic carbocycles. The molecule has 2 fully saturated rings. The van der Waals surface area contributed by atoms with E-state index in [9.17, 15) is 14.0 Å². The van der Waals surface area contributed by atoms with E-state index in [1.54, 1.807) is 29.2 Å². The first-order chi connectivity index (χ1) is 15.4. The summed E-state index contributed by atoms with van der Waals surface area (Å²) in [6.45, 7) is 0.582. The zero-order valence-corrected chi connectivity index (χ0v) is 18.0. The van der Waals surface area contributed by atoms with Crippen LogP contribution in [0.3, 0.4) is 0 Å². The van der Waals surface area contributed by atoms with Crippen molar-refractivity contribution in [2.75, 3.05) is 19.8 Å². The summed E-state index contributed by atoms with van der Waals surface area (Å²) >= 11 is 5.96. The monoisotopic (exact) mass is 463 g/mol. The highest BCUT2D eigenvalue weighted by atomic mass is 35.5. The fourth-order valence-electron chi connectivity index (χ4n) is 4.28. The number of hydrogen-bond donors (Lipinski definition) is 1. The molecule has 2 aromatic rings. The van der Waals surface area contributed by atoms with Crippen LogP contribution in [0.15, 0.2) is 42.5 Å². The maximum absolute atomic E-state index is 13.1. The van der Waals surface area contributed by atoms with Crippen LogP contribution in [0, 0.1) is 5.82 Å². The first-order valence-electron chi connectivity index (χ1n) is 10.3. The summed E-state index contributed by atoms with van der Waals surface area (Å²) in [6, 6.07) is 10.3. The second-order valence-corrected chi connectivity index (χ2v) is 8.36. The maximum Gasteiger partial charge on any atom is 0.307 e. The highest BCUT2D eigenvalue weighted by Gasteiger charge is 2.42. The van der Waals surface area contributed by atoms with Gasteiger partial charge in [-0.05, 0) is 42.5 Å². The van der Waals surface area contributed by atoms with Crippen molar-refractivity contribution < 1.29 is 33.3 Å². The Morgan fingerprint density at radius 1 is 1.12 bits per heavy atom. The van der Waals surface area contributed by atoms with Gasteiger partial charge in [0, 0.05) is 23.4 Å². The lowest BCUT2D eigenvalue weighted by molar-refractivity contribution is -0.157. The number of carbonyl (C=O) groups is 2. The zero-order chi connectivity index (χ0) is 22.7. The molecule has 0 radical (unpaired) electrons. The van der Waals surface area contributed by atoms with Crippen LogP contribution in [0.25, 0.3) is 0 Å². The van der Waals surface area contributed by atoms with Gasteiger partial charge in [0.1, 0.15) is 23.4 Å². The SMILES string of the molecule is O=C(O)Cc1cc(Cl)ccc1OCC(=O)N1C2COCC1CC(Oc1ccc(F)cc1)C2. The van der Waals surface area contributed by atoms with Crippen molar-refractivity contribution in [2.24, 2.45) is 0 Å². The predicted octanol–water partition coefficient (Wildman–Crippen LogP) is 3.32. The van der Waals surface area contributed by atoms with Crippen LogP contribution in [0.2, 0.25) is 5.02 Å². The number of rotatable bonds is 7. The van der Waals surface area contributed by atoms with E-state index in [0.717, 1.165) is 0 Å². The van der Waals surface area contributed by atoms with Gasteiger partial charge in [-0.3, -0.25) is 9.59 Å². The molecular formula is C23H23ClFNO6. The van der Waals surface area contributed by atoms with Crippen molar-refractivity contribution in [3.63, 3.8) is 0 Å². The van der Waals surface area contributed by atoms with Crippen LogP contribution in [-0.2, 0) is 20.7 Å². The van der Waals surface area contributed by atoms with Crippen molar-refractivity contribution in [1.82, 2.24) is 4.90 Å². The summed E-state index contributed by atoms with van der Waals surface area (Å²) in [5.41, 5.74) is 0.410. The Labute approximate surface area is 189 Å². The number of piperidine rings is 1. The van der Waals surface area contributed by atoms with E-state index in [2.05, 4.69) is 0 Å². The molecule has 2 aliphatic heterocycles. The fraction of sp³-hybridized carbons (Fsp3) is 0.391. The van der Waals surface area contributed by atoms with Crippen molar-refractivity contribution in [3.8, 4) is 11.5 Å². The average Bonchev–Trinajstić information content (AvgIpc) is 2.73. The Bertz CT molecular complexity index is 971. The number of benzene rings is 2. The van der Waals surface area contributed by atoms with Crippen LogP contribution in [-0.4, -0.2) is 59.9 Å². The highest BCUT2D eigenvalue weighted by Crippen LogP contribution is 2.31. The van der Waals surface area contributed by atoms with Gasteiger partial charge in [-0.2, -0.15) is 0 Å². The van der Waals surface area contributed by atoms with E-state index in [4.69, 9.17) is 30.9 Å². The van der Waals surface area contributed by atoms with Gasteiger partial charge < -0.3 is 24.2 Å². The van der Waals surface area contributed by atoms with Gasteiger partial charge in [0.05, 0.1) is 31.7 Å². The first kappa shape index (κ1) is 22.4. The smallest absolute Gasteiger partial charge is 0.307 e. The molecule has 170 valence electrons. The van der Waals surface area contributed by atoms with Crippen molar-refractivity contribution >= 4 is 23.5 Å². The van der Waals surface area contributed by atoms with Gasteiger partial charge in [-0.15, -0.1) is 0 Å². The van der Waals surface area contributed by atoms with Gasteiger partial charge in [0.15, 0.2) is 6.61 Å². The summed E-state index contributed by atoms with van der Waals surface area (Å²) in [6.07, 6.45) is 0.813. The minimum absolute atomic E-state index is 0.109. The number of morpholine rings is 1. The second-order valence-electron chi connectivity index (χ2n) is 7.92. The Kier molecular flexibility index (Phi) is 6.81. The van der Waals surface area contributed by atoms with E-state index in [1.165, 1.54) is 18.2 Å². The summed E-state index contributed by atoms with van der Waals surface area (Å²) in [7, 11) is 0. The van der Waals surface area contributed by atoms with E-state index in [0.29, 0.717) is 48.1 Å². The molecule has 4 rings (SSSR count). The van der Waals surface area contributed by atoms with Crippen molar-refractivity contribution in [2.45, 2.75) is 37.5 Å². The van der Waals surface area contributed by atoms with Gasteiger partial charge >= 0.3 is 5.97 Å². The van der Waals surface area contributed by atoms with Crippen molar-refractivity contribution in [3.05, 3.63) is 58.9 Å². The van der Waals surface area contributed by atoms with Crippen LogP contribution in [0.4, 0.5) is 4.39 Å². The lowest BCUT2D eigenvalue weighted by Gasteiger charge is -2.48. The molecule has 0 spiro atoms. The molecule has 9 heteroatoms. The Morgan fingerprint density at radius 3 is 2.47 bits per heavy atom. The van der Waals surface area contributed by atoms with Crippen molar-refractivity contribution in [1.29, 1.82) is 0 Å². The normalized spacial score (nSPS) is 22.3. The molecule has 2 heterocycles. The molecular weight excluding hydrogens is 441 g/mol. The number of carbonyl (C=O) groups excluding carboxylic acids is 1. The first-order valence-corrected chi connectivity index (χ1v) is 10.7. The molecule has 2 bridgehead atoms. The van der Waals surface area contributed by atoms with E-state index >= 15 is 0 Å². The summed E-state index contributed by atoms with van der Waals surface area (Å²) < 4.78 is 30.5. The topological polar surface area (TPSA) is 85.3 Å². The molecule has 0 saturated carbocycles. The van der Waals surface area contributed by atoms with Crippen LogP contribution >= 0.6 is 11.6 Å². The van der Waals surface area contributed by atoms with Crippen LogP contribution in [0.1, 0.15) is 18.4 Å². The second kappa shape index (κ2) is 9.75. The number of carboxylic acids is 1. The summed E-state index contributed by atoms with van der Waals surface area (Å²) in [4.78, 5) is 25.9. The molecule has 2 atom stereocenters. The number of amides is 1. The molecule has 0 aliphatic carbocycles. The predicted molar refractivity (Wildman–Crippen MR) is 114 cm³/mol. The molecule has 1 amide bonds. The Balaban J connectivity index is 1.39. The van der Waals surface area contributed by atoms with Gasteiger partial charge in [0.25, 0.3) is 5.91 Å². The Morgan fingerprint density at radius 2 is 1.81 bits per heavy atom. The third-order valence-corrected chi connectivity index (χ3v) is 5.83. The third kappa shape index (κ3) is 5.31. The third-order valence-electron chi connectivity index (χ3n) is 5.60. The number of nitrogens with zero attached hydrogens (tertiary/aromatic N) is 1. The number of hydrogen-bond acceptors (Lipinski definition) is 5. The van der Waals surface area contributed by atoms with Gasteiger partial charge in [-0.1, -0.05) is 11.6 Å². The summed E-state index contributed by atoms with van der Waals surface area (Å²) in [5, 5.41) is 9.50. The molecule has 2 saturated heterocycles. The zero-order valence-electron chi connectivity index (χ0n) is 17.2. The standard InChI is InChI=1S/C23H23ClFNO6/c24-15-1-6-21(14(7-15)8-23(28)29)31-13-22(27)26-17-9-20(10-18(26)12-30-11-17)32-19-4-2-16(25)3-5-19/h1-7,17-18,20H,8-13H2,(H,28,29). The average molecular weight is 464 g/mol. The van der Waals surface area contributed by atoms with E-state index in [-0.39, 0.29) is 42.9 Å². The maximum atomic E-state index is 13.1. The largest absolute Gasteiger partial charge is 0.490 e. The lowest BCUT2D eigenvalue weighted by atomic mass is 9.91. The molecule has 32 heavy (non-hydrogen) atoms. The Hall–Kier alpha value is -2.84. The number of ether oxygens (including phenoxy) is 3. The fourth-order valence-corrected chi connectivity index (χ4v) is 4.47. The van der Waals surface area contributed by atoms with Gasteiger partial charge in [0.2, 0.25) is 0 Å². The highest BCUT2D eigenvalue weighted by molar-refractivity contribution is 6.30. The number of halogens is 2. The minimum atomic E-state index is -1.02. The molecule has 0 aromatic heterocycles. The van der Waals surface area contributed by atoms with Crippen LogP contribution in [0.5, 0.6) is 11.5 Å². The molecule has 1 N–H and O–H groups in total. The van der Waals surface area contributed by atoms with E-state index in [1.807, 2.05) is 0 Å². The number of fused-ring (bicyclic) bond motifs is 2. The minimum Gasteiger partial charge on any atom is -0.490 e. The van der Waals surface area contributed by atoms with Gasteiger partial charge in [-0.25, -0.2) is 4.39 Å². The lowest BCUT2D eigenvalue weighted by Crippen LogP contribution is -2.61.